The Morgan fingerprint density at radius 1 is 0.786 bits per heavy atom. The van der Waals surface area contributed by atoms with Crippen molar-refractivity contribution >= 4 is 60.3 Å². The van der Waals surface area contributed by atoms with Crippen molar-refractivity contribution in [3.63, 3.8) is 0 Å². The molecule has 6 N–H and O–H groups in total. The first-order chi connectivity index (χ1) is 39.2. The van der Waals surface area contributed by atoms with Crippen LogP contribution in [0.1, 0.15) is 100 Å². The second kappa shape index (κ2) is 20.0. The van der Waals surface area contributed by atoms with E-state index in [4.69, 9.17) is 24.2 Å². The molecule has 0 unspecified atom stereocenters. The zero-order valence-corrected chi connectivity index (χ0v) is 51.6. The SMILES string of the molecule is COC[C@@]12Cc3c(N(C)C)ccc(O)c3C(O)=C1C(=O)[C@]1(O)C(O)=C(C(N)=O)C(=O)[C@@H](N(C)C)[C@@H]1C2.Cc1ccc(N(C)C)c2c1C(=O)[C@@]13C[C@]1(C2)C[C@H]1[C@H](N(C)C)c2onc(OCc4ccccc4)c2C(=O)[C@@]1(O[Si](C)(C)C(C)(C)C)C3=O. The highest BCUT2D eigenvalue weighted by molar-refractivity contribution is 6.74. The van der Waals surface area contributed by atoms with Crippen molar-refractivity contribution in [2.45, 2.75) is 108 Å². The molecule has 448 valence electrons. The number of ketones is 5. The Hall–Kier alpha value is -7.01. The lowest BCUT2D eigenvalue weighted by atomic mass is 9.51. The van der Waals surface area contributed by atoms with Crippen molar-refractivity contribution in [3.8, 4) is 11.6 Å². The lowest BCUT2D eigenvalue weighted by Gasteiger charge is -2.56. The Morgan fingerprint density at radius 2 is 1.39 bits per heavy atom. The molecule has 11 rings (SSSR count). The van der Waals surface area contributed by atoms with Crippen molar-refractivity contribution in [1.29, 1.82) is 0 Å². The molecule has 3 saturated carbocycles. The molecule has 1 aromatic heterocycles. The van der Waals surface area contributed by atoms with Gasteiger partial charge in [0.05, 0.1) is 29.8 Å². The van der Waals surface area contributed by atoms with Crippen molar-refractivity contribution < 1.29 is 67.6 Å². The molecule has 84 heavy (non-hydrogen) atoms. The van der Waals surface area contributed by atoms with Crippen LogP contribution >= 0.6 is 0 Å². The number of carbonyl (C=O) groups excluding carboxylic acids is 6. The minimum Gasteiger partial charge on any atom is -0.508 e. The number of aliphatic hydroxyl groups excluding tert-OH is 2. The number of hydrogen-bond donors (Lipinski definition) is 5. The summed E-state index contributed by atoms with van der Waals surface area (Å²) < 4.78 is 25.0. The van der Waals surface area contributed by atoms with E-state index in [9.17, 15) is 39.6 Å². The number of amides is 1. The predicted octanol–water partition coefficient (Wildman–Crippen LogP) is 6.64. The van der Waals surface area contributed by atoms with E-state index in [2.05, 4.69) is 45.1 Å². The lowest BCUT2D eigenvalue weighted by Crippen LogP contribution is -2.70. The van der Waals surface area contributed by atoms with Crippen LogP contribution in [0.15, 0.2) is 76.0 Å². The average Bonchev–Trinajstić information content (AvgIpc) is 1.44. The highest BCUT2D eigenvalue weighted by Crippen LogP contribution is 2.79. The molecule has 0 radical (unpaired) electrons. The van der Waals surface area contributed by atoms with E-state index in [1.807, 2.05) is 81.3 Å². The standard InChI is InChI=1S/C38H47N3O6Si.C25H31N3O8/c1-22-16-17-26(40(5)6)24-18-36-19-25-29(41(7)8)30-28(33(39-46-30)45-20-23-14-12-11-13-15-23)32(43)38(25,47-48(9,10)35(2,3)4)34(44)37(36,21-36)31(42)27(22)24;1-27(2)13-6-7-14(29)15-11(13)8-24(10-36-5)9-12-18(28(3)4)20(31)16(23(26)34)21(32)25(12,35)22(33)17(24)19(15)30/h11-17,25,29H,18-21H2,1-10H3;6-7,12,18,29-30,32,35H,8-10H2,1-5H3,(H2,26,34)/t25-,29-,36-,37+,38+;12-,18-,24-,25+/m00/s1. The fraction of sp³-hybridized carbons (Fsp3) is 0.508. The summed E-state index contributed by atoms with van der Waals surface area (Å²) in [5.74, 6) is -7.52. The number of nitrogens with two attached hydrogens (primary N) is 1. The zero-order chi connectivity index (χ0) is 61.7. The number of primary amides is 1. The van der Waals surface area contributed by atoms with Gasteiger partial charge >= 0.3 is 0 Å². The van der Waals surface area contributed by atoms with Crippen LogP contribution in [0.5, 0.6) is 11.6 Å². The molecule has 0 aliphatic heterocycles. The van der Waals surface area contributed by atoms with Crippen molar-refractivity contribution in [1.82, 2.24) is 15.0 Å². The van der Waals surface area contributed by atoms with E-state index < -0.39 is 100 Å². The van der Waals surface area contributed by atoms with Crippen LogP contribution in [0.4, 0.5) is 11.4 Å². The number of carbonyl (C=O) groups is 6. The fourth-order valence-corrected chi connectivity index (χ4v) is 16.6. The molecule has 0 bridgehead atoms. The number of ether oxygens (including phenoxy) is 2. The topological polar surface area (TPSA) is 276 Å². The molecule has 9 atom stereocenters. The van der Waals surface area contributed by atoms with Crippen LogP contribution in [0, 0.1) is 35.0 Å². The van der Waals surface area contributed by atoms with Crippen molar-refractivity contribution in [2.75, 3.05) is 79.9 Å². The number of likely N-dealkylation sites (N-methyl/N-ethyl adjacent to an activating group) is 1. The summed E-state index contributed by atoms with van der Waals surface area (Å²) in [6.07, 6.45) is 1.54. The summed E-state index contributed by atoms with van der Waals surface area (Å²) in [7, 11) is 13.1. The Bertz CT molecular complexity index is 3560. The molecule has 0 spiro atoms. The number of phenols is 1. The third-order valence-electron chi connectivity index (χ3n) is 20.0. The van der Waals surface area contributed by atoms with Crippen LogP contribution in [0.25, 0.3) is 5.76 Å². The smallest absolute Gasteiger partial charge is 0.265 e. The van der Waals surface area contributed by atoms with Gasteiger partial charge in [0, 0.05) is 69.5 Å². The van der Waals surface area contributed by atoms with Crippen molar-refractivity contribution in [3.05, 3.63) is 116 Å². The minimum absolute atomic E-state index is 0.0352. The number of Topliss-reactive ketones (excluding diaryl/α,β-unsaturated/α-hetero) is 5. The first kappa shape index (κ1) is 60.1. The number of aliphatic hydroxyl groups is 3. The highest BCUT2D eigenvalue weighted by atomic mass is 28.4. The van der Waals surface area contributed by atoms with Gasteiger partial charge in [-0.15, -0.1) is 0 Å². The van der Waals surface area contributed by atoms with Gasteiger partial charge in [0.25, 0.3) is 11.8 Å². The second-order valence-electron chi connectivity index (χ2n) is 26.7. The third-order valence-corrected chi connectivity index (χ3v) is 24.4. The molecular weight excluding hydrogens is 1090 g/mol. The van der Waals surface area contributed by atoms with E-state index in [-0.39, 0.29) is 71.0 Å². The molecule has 7 aliphatic carbocycles. The van der Waals surface area contributed by atoms with E-state index in [0.29, 0.717) is 41.8 Å². The third kappa shape index (κ3) is 8.26. The first-order valence-corrected chi connectivity index (χ1v) is 31.2. The zero-order valence-electron chi connectivity index (χ0n) is 50.6. The van der Waals surface area contributed by atoms with Gasteiger partial charge in [-0.25, -0.2) is 0 Å². The van der Waals surface area contributed by atoms with Gasteiger partial charge in [0.15, 0.2) is 42.6 Å². The van der Waals surface area contributed by atoms with Gasteiger partial charge in [0.2, 0.25) is 11.6 Å². The van der Waals surface area contributed by atoms with Crippen LogP contribution in [-0.4, -0.2) is 166 Å². The first-order valence-electron chi connectivity index (χ1n) is 28.3. The monoisotopic (exact) mass is 1170 g/mol. The Kier molecular flexibility index (Phi) is 14.3. The predicted molar refractivity (Wildman–Crippen MR) is 315 cm³/mol. The number of aromatic nitrogens is 1. The van der Waals surface area contributed by atoms with Crippen molar-refractivity contribution in [2.24, 2.45) is 33.8 Å². The highest BCUT2D eigenvalue weighted by Gasteiger charge is 2.87. The molecule has 20 nitrogen and oxygen atoms in total. The Morgan fingerprint density at radius 3 is 1.96 bits per heavy atom. The second-order valence-corrected chi connectivity index (χ2v) is 31.5. The molecule has 3 aromatic carbocycles. The number of hydrogen-bond acceptors (Lipinski definition) is 19. The Balaban J connectivity index is 0.000000196. The normalized spacial score (nSPS) is 29.4. The molecule has 0 saturated heterocycles. The molecule has 7 aliphatic rings. The van der Waals surface area contributed by atoms with Gasteiger partial charge in [0.1, 0.15) is 40.4 Å². The van der Waals surface area contributed by atoms with Gasteiger partial charge in [-0.2, -0.15) is 0 Å². The number of benzene rings is 3. The number of fused-ring (bicyclic) bond motifs is 6. The van der Waals surface area contributed by atoms with E-state index in [0.717, 1.165) is 22.4 Å². The number of aromatic hydroxyl groups is 1. The van der Waals surface area contributed by atoms with Gasteiger partial charge in [-0.3, -0.25) is 38.6 Å². The van der Waals surface area contributed by atoms with E-state index >= 15 is 9.59 Å². The van der Waals surface area contributed by atoms with Gasteiger partial charge in [-0.1, -0.05) is 57.2 Å². The van der Waals surface area contributed by atoms with Crippen LogP contribution in [0.2, 0.25) is 18.1 Å². The number of methoxy groups -OCH3 is 1. The maximum absolute atomic E-state index is 15.8. The molecule has 3 fully saturated rings. The maximum atomic E-state index is 15.8. The minimum atomic E-state index is -2.82. The summed E-state index contributed by atoms with van der Waals surface area (Å²) in [6, 6.07) is 15.0. The number of anilines is 2. The number of aryl methyl sites for hydroxylation is 1. The average molecular weight is 1170 g/mol. The van der Waals surface area contributed by atoms with E-state index in [1.54, 1.807) is 39.2 Å². The maximum Gasteiger partial charge on any atom is 0.265 e. The molecule has 1 amide bonds. The van der Waals surface area contributed by atoms with Gasteiger partial charge < -0.3 is 54.4 Å². The number of rotatable bonds is 12. The molecular formula is C63H78N6O14Si. The Labute approximate surface area is 490 Å². The van der Waals surface area contributed by atoms with E-state index in [1.165, 1.54) is 18.1 Å². The summed E-state index contributed by atoms with van der Waals surface area (Å²) >= 11 is 0. The fourth-order valence-electron chi connectivity index (χ4n) is 15.1. The number of phenolic OH excluding ortho intramolecular Hbond substituents is 1. The van der Waals surface area contributed by atoms with Crippen LogP contribution in [-0.2, 0) is 47.8 Å². The summed E-state index contributed by atoms with van der Waals surface area (Å²) in [4.78, 5) is 93.0. The quantitative estimate of drug-likeness (QED) is 0.0565. The van der Waals surface area contributed by atoms with Gasteiger partial charge in [-0.05, 0) is 136 Å². The largest absolute Gasteiger partial charge is 0.508 e. The van der Waals surface area contributed by atoms with Crippen LogP contribution < -0.4 is 20.3 Å². The van der Waals surface area contributed by atoms with Crippen LogP contribution in [0.3, 0.4) is 0 Å². The molecule has 21 heteroatoms. The summed E-state index contributed by atoms with van der Waals surface area (Å²) in [5.41, 5.74) is 2.29. The molecule has 1 heterocycles. The molecule has 4 aromatic rings. The lowest BCUT2D eigenvalue weighted by molar-refractivity contribution is -0.159. The summed E-state index contributed by atoms with van der Waals surface area (Å²) in [5, 5.41) is 48.8. The summed E-state index contributed by atoms with van der Waals surface area (Å²) in [6.45, 7) is 12.5. The number of nitrogens with zero attached hydrogens (tertiary/aromatic N) is 5.